The molecule has 0 saturated carbocycles. The first-order chi connectivity index (χ1) is 18.8. The van der Waals surface area contributed by atoms with Crippen molar-refractivity contribution in [2.75, 3.05) is 55.3 Å². The SMILES string of the molecule is CC(C)(O)C(=O)N1CCC(Oc2ccc(-c3ccnc(Nc4ccc(N5CCOCC5)cc4)n3)cc2N)CC1. The summed E-state index contributed by atoms with van der Waals surface area (Å²) in [4.78, 5) is 25.4. The standard InChI is InChI=1S/C29H36N6O4/c1-29(2,37)27(36)35-13-10-23(11-14-35)39-26-8-3-20(19-24(26)30)25-9-12-31-28(33-25)32-21-4-6-22(7-5-21)34-15-17-38-18-16-34/h3-9,12,19,23,37H,10-11,13-18,30H2,1-2H3,(H,31,32,33). The highest BCUT2D eigenvalue weighted by molar-refractivity contribution is 5.84. The lowest BCUT2D eigenvalue weighted by molar-refractivity contribution is -0.149. The number of nitrogens with zero attached hydrogens (tertiary/aromatic N) is 4. The Kier molecular flexibility index (Phi) is 7.85. The monoisotopic (exact) mass is 532 g/mol. The van der Waals surface area contributed by atoms with E-state index in [0.29, 0.717) is 43.3 Å². The predicted octanol–water partition coefficient (Wildman–Crippen LogP) is 3.45. The average molecular weight is 533 g/mol. The molecule has 2 saturated heterocycles. The zero-order valence-corrected chi connectivity index (χ0v) is 22.5. The first-order valence-electron chi connectivity index (χ1n) is 13.4. The molecule has 2 aliphatic heterocycles. The fraction of sp³-hybridized carbons (Fsp3) is 0.414. The summed E-state index contributed by atoms with van der Waals surface area (Å²) in [6.07, 6.45) is 3.03. The first-order valence-corrected chi connectivity index (χ1v) is 13.4. The number of nitrogen functional groups attached to an aromatic ring is 1. The maximum Gasteiger partial charge on any atom is 0.253 e. The van der Waals surface area contributed by atoms with Gasteiger partial charge in [0.25, 0.3) is 5.91 Å². The molecule has 2 fully saturated rings. The van der Waals surface area contributed by atoms with Crippen LogP contribution in [0.5, 0.6) is 5.75 Å². The number of ether oxygens (including phenoxy) is 2. The average Bonchev–Trinajstić information content (AvgIpc) is 2.95. The quantitative estimate of drug-likeness (QED) is 0.392. The number of aliphatic hydroxyl groups is 1. The fourth-order valence-electron chi connectivity index (χ4n) is 4.84. The van der Waals surface area contributed by atoms with E-state index >= 15 is 0 Å². The van der Waals surface area contributed by atoms with E-state index in [9.17, 15) is 9.90 Å². The molecule has 0 atom stereocenters. The van der Waals surface area contributed by atoms with E-state index in [1.54, 1.807) is 11.1 Å². The van der Waals surface area contributed by atoms with Gasteiger partial charge in [-0.2, -0.15) is 0 Å². The Hall–Kier alpha value is -3.89. The van der Waals surface area contributed by atoms with E-state index in [2.05, 4.69) is 32.3 Å². The molecule has 4 N–H and O–H groups in total. The lowest BCUT2D eigenvalue weighted by Gasteiger charge is -2.35. The molecule has 10 heteroatoms. The number of amides is 1. The summed E-state index contributed by atoms with van der Waals surface area (Å²) in [6.45, 7) is 7.41. The van der Waals surface area contributed by atoms with Gasteiger partial charge in [-0.3, -0.25) is 4.79 Å². The number of hydrogen-bond acceptors (Lipinski definition) is 9. The minimum Gasteiger partial charge on any atom is -0.488 e. The summed E-state index contributed by atoms with van der Waals surface area (Å²) in [5.74, 6) is 0.852. The summed E-state index contributed by atoms with van der Waals surface area (Å²) < 4.78 is 11.6. The van der Waals surface area contributed by atoms with Gasteiger partial charge >= 0.3 is 0 Å². The molecule has 10 nitrogen and oxygen atoms in total. The van der Waals surface area contributed by atoms with Gasteiger partial charge in [0, 0.05) is 62.2 Å². The van der Waals surface area contributed by atoms with E-state index < -0.39 is 5.60 Å². The fourth-order valence-corrected chi connectivity index (χ4v) is 4.84. The lowest BCUT2D eigenvalue weighted by Crippen LogP contribution is -2.49. The third kappa shape index (κ3) is 6.58. The highest BCUT2D eigenvalue weighted by atomic mass is 16.5. The summed E-state index contributed by atoms with van der Waals surface area (Å²) in [5.41, 5.74) is 9.19. The van der Waals surface area contributed by atoms with Crippen LogP contribution in [0.4, 0.5) is 23.0 Å². The number of carbonyl (C=O) groups is 1. The largest absolute Gasteiger partial charge is 0.488 e. The number of carbonyl (C=O) groups excluding carboxylic acids is 1. The van der Waals surface area contributed by atoms with Crippen LogP contribution in [0.1, 0.15) is 26.7 Å². The van der Waals surface area contributed by atoms with Crippen LogP contribution in [0.2, 0.25) is 0 Å². The normalized spacial score (nSPS) is 16.7. The van der Waals surface area contributed by atoms with Crippen molar-refractivity contribution < 1.29 is 19.4 Å². The molecule has 3 aromatic rings. The van der Waals surface area contributed by atoms with E-state index in [1.807, 2.05) is 36.4 Å². The molecule has 0 radical (unpaired) electrons. The predicted molar refractivity (Wildman–Crippen MR) is 151 cm³/mol. The molecule has 0 aliphatic carbocycles. The Morgan fingerprint density at radius 3 is 2.46 bits per heavy atom. The summed E-state index contributed by atoms with van der Waals surface area (Å²) in [5, 5.41) is 13.3. The number of piperidine rings is 1. The number of nitrogens with one attached hydrogen (secondary N) is 1. The molecule has 1 aromatic heterocycles. The van der Waals surface area contributed by atoms with Crippen molar-refractivity contribution in [3.63, 3.8) is 0 Å². The molecule has 0 spiro atoms. The van der Waals surface area contributed by atoms with Gasteiger partial charge in [-0.1, -0.05) is 0 Å². The van der Waals surface area contributed by atoms with Gasteiger partial charge in [0.15, 0.2) is 0 Å². The summed E-state index contributed by atoms with van der Waals surface area (Å²) >= 11 is 0. The van der Waals surface area contributed by atoms with E-state index in [0.717, 1.165) is 43.2 Å². The number of likely N-dealkylation sites (tertiary alicyclic amines) is 1. The second-order valence-corrected chi connectivity index (χ2v) is 10.5. The number of aromatic nitrogens is 2. The number of morpholine rings is 1. The van der Waals surface area contributed by atoms with Gasteiger partial charge in [-0.05, 0) is 62.4 Å². The van der Waals surface area contributed by atoms with Gasteiger partial charge in [0.2, 0.25) is 5.95 Å². The molecule has 0 bridgehead atoms. The molecule has 2 aromatic carbocycles. The third-order valence-electron chi connectivity index (χ3n) is 7.01. The number of rotatable bonds is 7. The molecule has 5 rings (SSSR count). The van der Waals surface area contributed by atoms with Gasteiger partial charge in [0.1, 0.15) is 17.5 Å². The maximum absolute atomic E-state index is 12.3. The van der Waals surface area contributed by atoms with Crippen molar-refractivity contribution in [3.05, 3.63) is 54.7 Å². The van der Waals surface area contributed by atoms with Crippen molar-refractivity contribution in [3.8, 4) is 17.0 Å². The van der Waals surface area contributed by atoms with Crippen LogP contribution in [0.25, 0.3) is 11.3 Å². The van der Waals surface area contributed by atoms with Crippen LogP contribution < -0.4 is 20.7 Å². The summed E-state index contributed by atoms with van der Waals surface area (Å²) in [7, 11) is 0. The van der Waals surface area contributed by atoms with Crippen molar-refractivity contribution in [1.82, 2.24) is 14.9 Å². The second kappa shape index (κ2) is 11.5. The van der Waals surface area contributed by atoms with E-state index in [-0.39, 0.29) is 12.0 Å². The summed E-state index contributed by atoms with van der Waals surface area (Å²) in [6, 6.07) is 15.7. The van der Waals surface area contributed by atoms with Crippen molar-refractivity contribution in [2.24, 2.45) is 0 Å². The Labute approximate surface area is 228 Å². The number of benzene rings is 2. The molecule has 206 valence electrons. The smallest absolute Gasteiger partial charge is 0.253 e. The van der Waals surface area contributed by atoms with Crippen LogP contribution in [0.15, 0.2) is 54.7 Å². The van der Waals surface area contributed by atoms with Crippen LogP contribution in [0.3, 0.4) is 0 Å². The molecule has 2 aliphatic rings. The van der Waals surface area contributed by atoms with Crippen LogP contribution >= 0.6 is 0 Å². The molecule has 1 amide bonds. The third-order valence-corrected chi connectivity index (χ3v) is 7.01. The van der Waals surface area contributed by atoms with E-state index in [4.69, 9.17) is 15.2 Å². The number of anilines is 4. The number of nitrogens with two attached hydrogens (primary N) is 1. The van der Waals surface area contributed by atoms with E-state index in [1.165, 1.54) is 19.5 Å². The van der Waals surface area contributed by atoms with Crippen molar-refractivity contribution >= 4 is 28.9 Å². The highest BCUT2D eigenvalue weighted by Gasteiger charge is 2.32. The Morgan fingerprint density at radius 1 is 1.08 bits per heavy atom. The highest BCUT2D eigenvalue weighted by Crippen LogP contribution is 2.31. The van der Waals surface area contributed by atoms with Crippen molar-refractivity contribution in [2.45, 2.75) is 38.4 Å². The van der Waals surface area contributed by atoms with Crippen LogP contribution in [0, 0.1) is 0 Å². The number of hydrogen-bond donors (Lipinski definition) is 3. The maximum atomic E-state index is 12.3. The van der Waals surface area contributed by atoms with Gasteiger partial charge in [0.05, 0.1) is 24.6 Å². The van der Waals surface area contributed by atoms with Crippen molar-refractivity contribution in [1.29, 1.82) is 0 Å². The van der Waals surface area contributed by atoms with Gasteiger partial charge < -0.3 is 35.4 Å². The topological polar surface area (TPSA) is 126 Å². The first kappa shape index (κ1) is 26.7. The minimum atomic E-state index is -1.36. The van der Waals surface area contributed by atoms with Crippen LogP contribution in [-0.4, -0.2) is 77.0 Å². The Balaban J connectivity index is 1.20. The zero-order chi connectivity index (χ0) is 27.4. The van der Waals surface area contributed by atoms with Crippen LogP contribution in [-0.2, 0) is 9.53 Å². The molecule has 3 heterocycles. The van der Waals surface area contributed by atoms with Gasteiger partial charge in [-0.15, -0.1) is 0 Å². The molecule has 39 heavy (non-hydrogen) atoms. The Bertz CT molecular complexity index is 1280. The minimum absolute atomic E-state index is 0.0477. The van der Waals surface area contributed by atoms with Gasteiger partial charge in [-0.25, -0.2) is 9.97 Å². The second-order valence-electron chi connectivity index (χ2n) is 10.5. The molecular formula is C29H36N6O4. The lowest BCUT2D eigenvalue weighted by atomic mass is 10.0. The molecular weight excluding hydrogens is 496 g/mol. The molecule has 0 unspecified atom stereocenters. The Morgan fingerprint density at radius 2 is 1.79 bits per heavy atom. The zero-order valence-electron chi connectivity index (χ0n) is 22.5.